The van der Waals surface area contributed by atoms with E-state index in [2.05, 4.69) is 36.7 Å². The van der Waals surface area contributed by atoms with Crippen molar-refractivity contribution >= 4 is 44.8 Å². The van der Waals surface area contributed by atoms with E-state index in [4.69, 9.17) is 5.73 Å². The average molecular weight is 413 g/mol. The van der Waals surface area contributed by atoms with Crippen LogP contribution in [0.2, 0.25) is 0 Å². The van der Waals surface area contributed by atoms with Gasteiger partial charge in [-0.25, -0.2) is 9.97 Å². The van der Waals surface area contributed by atoms with E-state index in [1.54, 1.807) is 18.2 Å². The summed E-state index contributed by atoms with van der Waals surface area (Å²) in [5.74, 6) is 0.537. The number of anilines is 4. The number of hydrogen-bond donors (Lipinski definition) is 3. The zero-order valence-electron chi connectivity index (χ0n) is 14.0. The summed E-state index contributed by atoms with van der Waals surface area (Å²) in [6, 6.07) is 16.8. The number of carbonyl (C=O) groups is 1. The van der Waals surface area contributed by atoms with Crippen molar-refractivity contribution in [2.24, 2.45) is 0 Å². The molecule has 0 saturated carbocycles. The first-order valence-electron chi connectivity index (χ1n) is 7.78. The third-order valence-corrected chi connectivity index (χ3v) is 4.43. The molecule has 0 radical (unpaired) electrons. The number of benzene rings is 2. The van der Waals surface area contributed by atoms with Gasteiger partial charge in [-0.2, -0.15) is 0 Å². The standard InChI is InChI=1S/C18H17BrN6O/c1-25(12-7-3-2-4-8-12)17-15(20)16(21-11-22-17)23-24-18(26)13-9-5-6-10-14(13)19/h2-11H,20H2,1H3,(H,24,26)(H,21,22,23). The van der Waals surface area contributed by atoms with Gasteiger partial charge in [-0.05, 0) is 40.2 Å². The molecular formula is C18H17BrN6O. The Morgan fingerprint density at radius 3 is 2.50 bits per heavy atom. The van der Waals surface area contributed by atoms with E-state index in [0.717, 1.165) is 5.69 Å². The van der Waals surface area contributed by atoms with Crippen LogP contribution in [0.4, 0.5) is 23.0 Å². The van der Waals surface area contributed by atoms with Crippen molar-refractivity contribution in [3.05, 3.63) is 71.0 Å². The fourth-order valence-corrected chi connectivity index (χ4v) is 2.82. The monoisotopic (exact) mass is 412 g/mol. The number of nitrogens with one attached hydrogen (secondary N) is 2. The number of aromatic nitrogens is 2. The van der Waals surface area contributed by atoms with Gasteiger partial charge >= 0.3 is 0 Å². The minimum Gasteiger partial charge on any atom is -0.393 e. The Morgan fingerprint density at radius 1 is 1.08 bits per heavy atom. The van der Waals surface area contributed by atoms with Crippen LogP contribution in [0.25, 0.3) is 0 Å². The second kappa shape index (κ2) is 7.83. The Kier molecular flexibility index (Phi) is 5.33. The summed E-state index contributed by atoms with van der Waals surface area (Å²) in [6.07, 6.45) is 1.39. The Balaban J connectivity index is 1.77. The normalized spacial score (nSPS) is 10.2. The van der Waals surface area contributed by atoms with Crippen molar-refractivity contribution in [3.8, 4) is 0 Å². The van der Waals surface area contributed by atoms with Crippen LogP contribution in [-0.4, -0.2) is 22.9 Å². The molecule has 7 nitrogen and oxygen atoms in total. The van der Waals surface area contributed by atoms with Crippen LogP contribution in [0.5, 0.6) is 0 Å². The summed E-state index contributed by atoms with van der Waals surface area (Å²) in [5, 5.41) is 0. The molecule has 1 aromatic heterocycles. The van der Waals surface area contributed by atoms with Gasteiger partial charge in [-0.3, -0.25) is 15.6 Å². The Morgan fingerprint density at radius 2 is 1.77 bits per heavy atom. The molecule has 1 amide bonds. The number of halogens is 1. The fourth-order valence-electron chi connectivity index (χ4n) is 2.36. The van der Waals surface area contributed by atoms with Crippen molar-refractivity contribution in [2.45, 2.75) is 0 Å². The topological polar surface area (TPSA) is 96.2 Å². The number of nitrogens with zero attached hydrogens (tertiary/aromatic N) is 3. The third-order valence-electron chi connectivity index (χ3n) is 3.74. The maximum Gasteiger partial charge on any atom is 0.270 e. The summed E-state index contributed by atoms with van der Waals surface area (Å²) >= 11 is 3.35. The van der Waals surface area contributed by atoms with Gasteiger partial charge in [0.15, 0.2) is 11.6 Å². The first kappa shape index (κ1) is 17.7. The van der Waals surface area contributed by atoms with Crippen molar-refractivity contribution in [1.82, 2.24) is 15.4 Å². The first-order chi connectivity index (χ1) is 12.6. The lowest BCUT2D eigenvalue weighted by molar-refractivity contribution is 0.0962. The Labute approximate surface area is 159 Å². The van der Waals surface area contributed by atoms with Crippen LogP contribution in [0.1, 0.15) is 10.4 Å². The lowest BCUT2D eigenvalue weighted by Crippen LogP contribution is -2.31. The highest BCUT2D eigenvalue weighted by Gasteiger charge is 2.15. The lowest BCUT2D eigenvalue weighted by atomic mass is 10.2. The van der Waals surface area contributed by atoms with Crippen LogP contribution >= 0.6 is 15.9 Å². The van der Waals surface area contributed by atoms with Gasteiger partial charge < -0.3 is 10.6 Å². The van der Waals surface area contributed by atoms with Gasteiger partial charge in [0.1, 0.15) is 12.0 Å². The van der Waals surface area contributed by atoms with Crippen molar-refractivity contribution in [3.63, 3.8) is 0 Å². The molecule has 3 rings (SSSR count). The van der Waals surface area contributed by atoms with E-state index in [9.17, 15) is 4.79 Å². The maximum absolute atomic E-state index is 12.3. The molecule has 1 heterocycles. The maximum atomic E-state index is 12.3. The highest BCUT2D eigenvalue weighted by atomic mass is 79.9. The number of hydrogen-bond acceptors (Lipinski definition) is 6. The minimum atomic E-state index is -0.312. The molecule has 0 unspecified atom stereocenters. The summed E-state index contributed by atoms with van der Waals surface area (Å²) < 4.78 is 0.694. The zero-order chi connectivity index (χ0) is 18.5. The first-order valence-corrected chi connectivity index (χ1v) is 8.57. The van der Waals surface area contributed by atoms with Crippen molar-refractivity contribution in [2.75, 3.05) is 23.1 Å². The molecular weight excluding hydrogens is 396 g/mol. The number of amides is 1. The molecule has 0 aliphatic carbocycles. The molecule has 0 saturated heterocycles. The zero-order valence-corrected chi connectivity index (χ0v) is 15.6. The lowest BCUT2D eigenvalue weighted by Gasteiger charge is -2.21. The van der Waals surface area contributed by atoms with E-state index in [1.807, 2.05) is 48.3 Å². The van der Waals surface area contributed by atoms with Crippen molar-refractivity contribution < 1.29 is 4.79 Å². The van der Waals surface area contributed by atoms with Gasteiger partial charge in [0.25, 0.3) is 5.91 Å². The molecule has 4 N–H and O–H groups in total. The largest absolute Gasteiger partial charge is 0.393 e. The molecule has 0 fully saturated rings. The van der Waals surface area contributed by atoms with E-state index < -0.39 is 0 Å². The van der Waals surface area contributed by atoms with Crippen LogP contribution in [0.15, 0.2) is 65.4 Å². The molecule has 0 spiro atoms. The van der Waals surface area contributed by atoms with Gasteiger partial charge in [0.05, 0.1) is 5.56 Å². The van der Waals surface area contributed by atoms with E-state index in [0.29, 0.717) is 27.4 Å². The molecule has 0 bridgehead atoms. The van der Waals surface area contributed by atoms with E-state index in [1.165, 1.54) is 6.33 Å². The van der Waals surface area contributed by atoms with E-state index >= 15 is 0 Å². The second-order valence-corrected chi connectivity index (χ2v) is 6.27. The van der Waals surface area contributed by atoms with E-state index in [-0.39, 0.29) is 5.91 Å². The van der Waals surface area contributed by atoms with Crippen LogP contribution in [-0.2, 0) is 0 Å². The molecule has 132 valence electrons. The van der Waals surface area contributed by atoms with Crippen molar-refractivity contribution in [1.29, 1.82) is 0 Å². The number of carbonyl (C=O) groups excluding carboxylic acids is 1. The van der Waals surface area contributed by atoms with Crippen LogP contribution in [0.3, 0.4) is 0 Å². The predicted octanol–water partition coefficient (Wildman–Crippen LogP) is 3.35. The fraction of sp³-hybridized carbons (Fsp3) is 0.0556. The number of para-hydroxylation sites is 1. The number of rotatable bonds is 5. The number of nitrogens with two attached hydrogens (primary N) is 1. The number of nitrogen functional groups attached to an aromatic ring is 1. The van der Waals surface area contributed by atoms with Gasteiger partial charge in [-0.15, -0.1) is 0 Å². The molecule has 26 heavy (non-hydrogen) atoms. The third kappa shape index (κ3) is 3.75. The van der Waals surface area contributed by atoms with Gasteiger partial charge in [0.2, 0.25) is 0 Å². The molecule has 8 heteroatoms. The van der Waals surface area contributed by atoms with Crippen LogP contribution in [0, 0.1) is 0 Å². The highest BCUT2D eigenvalue weighted by Crippen LogP contribution is 2.29. The second-order valence-electron chi connectivity index (χ2n) is 5.41. The summed E-state index contributed by atoms with van der Waals surface area (Å²) in [6.45, 7) is 0. The van der Waals surface area contributed by atoms with Gasteiger partial charge in [0, 0.05) is 17.2 Å². The minimum absolute atomic E-state index is 0.312. The molecule has 3 aromatic rings. The molecule has 0 aliphatic heterocycles. The van der Waals surface area contributed by atoms with Gasteiger partial charge in [-0.1, -0.05) is 30.3 Å². The average Bonchev–Trinajstić information content (AvgIpc) is 2.67. The summed E-state index contributed by atoms with van der Waals surface area (Å²) in [7, 11) is 1.86. The summed E-state index contributed by atoms with van der Waals surface area (Å²) in [4.78, 5) is 22.5. The molecule has 0 aliphatic rings. The molecule has 2 aromatic carbocycles. The summed E-state index contributed by atoms with van der Waals surface area (Å²) in [5.41, 5.74) is 13.3. The Bertz CT molecular complexity index is 919. The SMILES string of the molecule is CN(c1ccccc1)c1ncnc(NNC(=O)c2ccccc2Br)c1N. The predicted molar refractivity (Wildman–Crippen MR) is 106 cm³/mol. The Hall–Kier alpha value is -3.13. The number of hydrazine groups is 1. The van der Waals surface area contributed by atoms with Crippen LogP contribution < -0.4 is 21.5 Å². The highest BCUT2D eigenvalue weighted by molar-refractivity contribution is 9.10. The molecule has 0 atom stereocenters. The quantitative estimate of drug-likeness (QED) is 0.556. The smallest absolute Gasteiger partial charge is 0.270 e.